The van der Waals surface area contributed by atoms with Gasteiger partial charge in [-0.2, -0.15) is 0 Å². The van der Waals surface area contributed by atoms with E-state index in [0.717, 1.165) is 25.2 Å². The molecule has 12 heavy (non-hydrogen) atoms. The van der Waals surface area contributed by atoms with Crippen molar-refractivity contribution >= 4 is 5.69 Å². The molecule has 2 heteroatoms. The second kappa shape index (κ2) is 4.78. The van der Waals surface area contributed by atoms with Gasteiger partial charge >= 0.3 is 0 Å². The van der Waals surface area contributed by atoms with Crippen LogP contribution in [0, 0.1) is 0 Å². The van der Waals surface area contributed by atoms with E-state index in [1.54, 1.807) is 0 Å². The Hall–Kier alpha value is -1.02. The standard InChI is InChI=1S/C10H16N2/c1-2-12-7-6-9-4-3-5-10(11)8-9/h3-5,8,12H,2,6-7,11H2,1H3. The van der Waals surface area contributed by atoms with Gasteiger partial charge in [-0.1, -0.05) is 19.1 Å². The molecule has 0 unspecified atom stereocenters. The maximum Gasteiger partial charge on any atom is 0.0316 e. The number of rotatable bonds is 4. The Labute approximate surface area is 73.8 Å². The van der Waals surface area contributed by atoms with E-state index in [9.17, 15) is 0 Å². The van der Waals surface area contributed by atoms with Gasteiger partial charge in [-0.15, -0.1) is 0 Å². The van der Waals surface area contributed by atoms with Crippen LogP contribution in [0.1, 0.15) is 12.5 Å². The van der Waals surface area contributed by atoms with Gasteiger partial charge in [0.25, 0.3) is 0 Å². The lowest BCUT2D eigenvalue weighted by Crippen LogP contribution is -2.16. The first kappa shape index (κ1) is 9.07. The van der Waals surface area contributed by atoms with Gasteiger partial charge < -0.3 is 11.1 Å². The van der Waals surface area contributed by atoms with Crippen molar-refractivity contribution in [2.24, 2.45) is 0 Å². The summed E-state index contributed by atoms with van der Waals surface area (Å²) < 4.78 is 0. The summed E-state index contributed by atoms with van der Waals surface area (Å²) in [7, 11) is 0. The summed E-state index contributed by atoms with van der Waals surface area (Å²) in [6, 6.07) is 8.04. The van der Waals surface area contributed by atoms with Crippen molar-refractivity contribution in [3.05, 3.63) is 29.8 Å². The van der Waals surface area contributed by atoms with Crippen LogP contribution >= 0.6 is 0 Å². The van der Waals surface area contributed by atoms with E-state index >= 15 is 0 Å². The van der Waals surface area contributed by atoms with Crippen molar-refractivity contribution in [2.45, 2.75) is 13.3 Å². The summed E-state index contributed by atoms with van der Waals surface area (Å²) >= 11 is 0. The molecular formula is C10H16N2. The Morgan fingerprint density at radius 3 is 2.92 bits per heavy atom. The normalized spacial score (nSPS) is 10.1. The molecule has 0 bridgehead atoms. The second-order valence-corrected chi connectivity index (χ2v) is 2.85. The largest absolute Gasteiger partial charge is 0.399 e. The molecule has 3 N–H and O–H groups in total. The number of nitrogen functional groups attached to an aromatic ring is 1. The highest BCUT2D eigenvalue weighted by molar-refractivity contribution is 5.40. The summed E-state index contributed by atoms with van der Waals surface area (Å²) in [5.41, 5.74) is 7.80. The minimum atomic E-state index is 0.851. The monoisotopic (exact) mass is 164 g/mol. The number of nitrogens with one attached hydrogen (secondary N) is 1. The summed E-state index contributed by atoms with van der Waals surface area (Å²) in [6.07, 6.45) is 1.05. The molecule has 0 spiro atoms. The number of benzene rings is 1. The molecule has 0 aliphatic rings. The zero-order chi connectivity index (χ0) is 8.81. The third kappa shape index (κ3) is 2.93. The third-order valence-electron chi connectivity index (χ3n) is 1.79. The Bertz CT molecular complexity index is 233. The van der Waals surface area contributed by atoms with Gasteiger partial charge in [-0.25, -0.2) is 0 Å². The molecule has 1 aromatic carbocycles. The molecule has 1 aromatic rings. The van der Waals surface area contributed by atoms with Crippen molar-refractivity contribution in [1.82, 2.24) is 5.32 Å². The maximum absolute atomic E-state index is 5.64. The van der Waals surface area contributed by atoms with Gasteiger partial charge in [-0.05, 0) is 37.2 Å². The fourth-order valence-electron chi connectivity index (χ4n) is 1.16. The van der Waals surface area contributed by atoms with Crippen LogP contribution in [0.15, 0.2) is 24.3 Å². The molecule has 0 saturated carbocycles. The molecule has 0 aromatic heterocycles. The molecule has 0 fully saturated rings. The zero-order valence-electron chi connectivity index (χ0n) is 7.51. The zero-order valence-corrected chi connectivity index (χ0v) is 7.51. The van der Waals surface area contributed by atoms with E-state index in [1.165, 1.54) is 5.56 Å². The van der Waals surface area contributed by atoms with Gasteiger partial charge in [0.1, 0.15) is 0 Å². The van der Waals surface area contributed by atoms with Crippen LogP contribution < -0.4 is 11.1 Å². The summed E-state index contributed by atoms with van der Waals surface area (Å²) in [6.45, 7) is 4.17. The number of anilines is 1. The number of nitrogens with two attached hydrogens (primary N) is 1. The van der Waals surface area contributed by atoms with Crippen molar-refractivity contribution in [2.75, 3.05) is 18.8 Å². The van der Waals surface area contributed by atoms with E-state index in [0.29, 0.717) is 0 Å². The van der Waals surface area contributed by atoms with Gasteiger partial charge in [0.2, 0.25) is 0 Å². The number of likely N-dealkylation sites (N-methyl/N-ethyl adjacent to an activating group) is 1. The van der Waals surface area contributed by atoms with Crippen LogP contribution in [0.2, 0.25) is 0 Å². The Kier molecular flexibility index (Phi) is 3.61. The average Bonchev–Trinajstić information content (AvgIpc) is 2.05. The summed E-state index contributed by atoms with van der Waals surface area (Å²) in [5, 5.41) is 3.28. The van der Waals surface area contributed by atoms with Crippen molar-refractivity contribution in [3.8, 4) is 0 Å². The molecule has 0 amide bonds. The van der Waals surface area contributed by atoms with Gasteiger partial charge in [0.05, 0.1) is 0 Å². The maximum atomic E-state index is 5.64. The lowest BCUT2D eigenvalue weighted by molar-refractivity contribution is 0.717. The molecule has 0 saturated heterocycles. The average molecular weight is 164 g/mol. The molecule has 0 aliphatic carbocycles. The van der Waals surface area contributed by atoms with E-state index in [-0.39, 0.29) is 0 Å². The van der Waals surface area contributed by atoms with Crippen LogP contribution in [0.25, 0.3) is 0 Å². The Balaban J connectivity index is 2.41. The summed E-state index contributed by atoms with van der Waals surface area (Å²) in [5.74, 6) is 0. The first-order chi connectivity index (χ1) is 5.83. The Morgan fingerprint density at radius 2 is 2.25 bits per heavy atom. The minimum Gasteiger partial charge on any atom is -0.399 e. The molecular weight excluding hydrogens is 148 g/mol. The van der Waals surface area contributed by atoms with Gasteiger partial charge in [0.15, 0.2) is 0 Å². The molecule has 2 nitrogen and oxygen atoms in total. The fourth-order valence-corrected chi connectivity index (χ4v) is 1.16. The summed E-state index contributed by atoms with van der Waals surface area (Å²) in [4.78, 5) is 0. The quantitative estimate of drug-likeness (QED) is 0.521. The van der Waals surface area contributed by atoms with Gasteiger partial charge in [-0.3, -0.25) is 0 Å². The van der Waals surface area contributed by atoms with Crippen LogP contribution in [0.5, 0.6) is 0 Å². The number of hydrogen-bond acceptors (Lipinski definition) is 2. The molecule has 0 atom stereocenters. The molecule has 66 valence electrons. The third-order valence-corrected chi connectivity index (χ3v) is 1.79. The predicted octanol–water partition coefficient (Wildman–Crippen LogP) is 1.42. The van der Waals surface area contributed by atoms with E-state index in [2.05, 4.69) is 18.3 Å². The lowest BCUT2D eigenvalue weighted by atomic mass is 10.1. The molecule has 1 rings (SSSR count). The van der Waals surface area contributed by atoms with Crippen LogP contribution in [-0.4, -0.2) is 13.1 Å². The van der Waals surface area contributed by atoms with Crippen LogP contribution in [0.3, 0.4) is 0 Å². The highest BCUT2D eigenvalue weighted by Gasteiger charge is 1.91. The highest BCUT2D eigenvalue weighted by atomic mass is 14.8. The second-order valence-electron chi connectivity index (χ2n) is 2.85. The molecule has 0 heterocycles. The molecule has 0 aliphatic heterocycles. The topological polar surface area (TPSA) is 38.0 Å². The first-order valence-corrected chi connectivity index (χ1v) is 4.38. The minimum absolute atomic E-state index is 0.851. The van der Waals surface area contributed by atoms with Crippen molar-refractivity contribution < 1.29 is 0 Å². The van der Waals surface area contributed by atoms with Crippen LogP contribution in [-0.2, 0) is 6.42 Å². The smallest absolute Gasteiger partial charge is 0.0316 e. The Morgan fingerprint density at radius 1 is 1.42 bits per heavy atom. The molecule has 0 radical (unpaired) electrons. The SMILES string of the molecule is CCNCCc1cccc(N)c1. The van der Waals surface area contributed by atoms with Crippen molar-refractivity contribution in [3.63, 3.8) is 0 Å². The van der Waals surface area contributed by atoms with Crippen LogP contribution in [0.4, 0.5) is 5.69 Å². The predicted molar refractivity (Wildman–Crippen MR) is 53.1 cm³/mol. The van der Waals surface area contributed by atoms with Gasteiger partial charge in [0, 0.05) is 5.69 Å². The van der Waals surface area contributed by atoms with Crippen molar-refractivity contribution in [1.29, 1.82) is 0 Å². The highest BCUT2D eigenvalue weighted by Crippen LogP contribution is 2.06. The lowest BCUT2D eigenvalue weighted by Gasteiger charge is -2.02. The first-order valence-electron chi connectivity index (χ1n) is 4.38. The number of hydrogen-bond donors (Lipinski definition) is 2. The van der Waals surface area contributed by atoms with E-state index in [1.807, 2.05) is 18.2 Å². The van der Waals surface area contributed by atoms with E-state index < -0.39 is 0 Å². The van der Waals surface area contributed by atoms with E-state index in [4.69, 9.17) is 5.73 Å². The fraction of sp³-hybridized carbons (Fsp3) is 0.400.